The molecule has 1 amide bonds. The van der Waals surface area contributed by atoms with Crippen molar-refractivity contribution in [3.05, 3.63) is 46.5 Å². The van der Waals surface area contributed by atoms with E-state index in [-0.39, 0.29) is 11.5 Å². The van der Waals surface area contributed by atoms with Crippen LogP contribution in [-0.2, 0) is 4.79 Å². The van der Waals surface area contributed by atoms with Crippen LogP contribution in [0.15, 0.2) is 40.9 Å². The van der Waals surface area contributed by atoms with Crippen molar-refractivity contribution in [2.24, 2.45) is 0 Å². The number of benzene rings is 1. The maximum Gasteiger partial charge on any atom is 0.264 e. The number of ether oxygens (including phenoxy) is 1. The molecule has 1 aliphatic heterocycles. The Balaban J connectivity index is 2.31. The van der Waals surface area contributed by atoms with Crippen LogP contribution in [0, 0.1) is 11.3 Å². The first-order chi connectivity index (χ1) is 10.7. The summed E-state index contributed by atoms with van der Waals surface area (Å²) < 4.78 is 6.43. The first-order valence-electron chi connectivity index (χ1n) is 7.10. The molecular weight excluding hydrogens is 344 g/mol. The SMILES string of the molecule is C=CCOc1ccc(Br)cc1/C=C(\C#N)C(=O)N1CCCC1. The lowest BCUT2D eigenvalue weighted by Crippen LogP contribution is -2.28. The summed E-state index contributed by atoms with van der Waals surface area (Å²) in [5.41, 5.74) is 0.823. The zero-order chi connectivity index (χ0) is 15.9. The van der Waals surface area contributed by atoms with Crippen molar-refractivity contribution in [3.63, 3.8) is 0 Å². The molecule has 0 aromatic heterocycles. The molecular formula is C17H17BrN2O2. The molecule has 5 heteroatoms. The molecule has 4 nitrogen and oxygen atoms in total. The summed E-state index contributed by atoms with van der Waals surface area (Å²) >= 11 is 3.40. The molecule has 0 aliphatic carbocycles. The van der Waals surface area contributed by atoms with Crippen LogP contribution in [0.1, 0.15) is 18.4 Å². The van der Waals surface area contributed by atoms with Crippen molar-refractivity contribution in [3.8, 4) is 11.8 Å². The number of likely N-dealkylation sites (tertiary alicyclic amines) is 1. The average Bonchev–Trinajstić information content (AvgIpc) is 3.05. The quantitative estimate of drug-likeness (QED) is 0.458. The van der Waals surface area contributed by atoms with E-state index >= 15 is 0 Å². The zero-order valence-corrected chi connectivity index (χ0v) is 13.8. The van der Waals surface area contributed by atoms with Gasteiger partial charge in [-0.25, -0.2) is 0 Å². The maximum absolute atomic E-state index is 12.4. The van der Waals surface area contributed by atoms with Gasteiger partial charge < -0.3 is 9.64 Å². The topological polar surface area (TPSA) is 53.3 Å². The third kappa shape index (κ3) is 3.99. The highest BCUT2D eigenvalue weighted by Gasteiger charge is 2.21. The minimum absolute atomic E-state index is 0.128. The van der Waals surface area contributed by atoms with Gasteiger partial charge in [-0.05, 0) is 37.1 Å². The largest absolute Gasteiger partial charge is 0.489 e. The van der Waals surface area contributed by atoms with Gasteiger partial charge in [-0.3, -0.25) is 4.79 Å². The van der Waals surface area contributed by atoms with E-state index in [1.807, 2.05) is 18.2 Å². The second-order valence-corrected chi connectivity index (χ2v) is 5.87. The van der Waals surface area contributed by atoms with E-state index in [1.165, 1.54) is 0 Å². The summed E-state index contributed by atoms with van der Waals surface area (Å²) in [5, 5.41) is 9.32. The van der Waals surface area contributed by atoms with Crippen molar-refractivity contribution >= 4 is 27.9 Å². The minimum atomic E-state index is -0.213. The van der Waals surface area contributed by atoms with E-state index in [2.05, 4.69) is 22.5 Å². The molecule has 114 valence electrons. The smallest absolute Gasteiger partial charge is 0.264 e. The second-order valence-electron chi connectivity index (χ2n) is 4.95. The van der Waals surface area contributed by atoms with E-state index in [0.29, 0.717) is 17.9 Å². The zero-order valence-electron chi connectivity index (χ0n) is 12.2. The third-order valence-corrected chi connectivity index (χ3v) is 3.87. The van der Waals surface area contributed by atoms with Crippen LogP contribution in [0.4, 0.5) is 0 Å². The predicted octanol–water partition coefficient (Wildman–Crippen LogP) is 3.54. The first kappa shape index (κ1) is 16.3. The number of rotatable bonds is 5. The van der Waals surface area contributed by atoms with Crippen molar-refractivity contribution in [2.75, 3.05) is 19.7 Å². The van der Waals surface area contributed by atoms with Crippen molar-refractivity contribution in [2.45, 2.75) is 12.8 Å². The highest BCUT2D eigenvalue weighted by Crippen LogP contribution is 2.26. The van der Waals surface area contributed by atoms with Gasteiger partial charge in [0.15, 0.2) is 0 Å². The number of hydrogen-bond donors (Lipinski definition) is 0. The summed E-state index contributed by atoms with van der Waals surface area (Å²) in [7, 11) is 0. The van der Waals surface area contributed by atoms with Gasteiger partial charge in [0.05, 0.1) is 0 Å². The van der Waals surface area contributed by atoms with Gasteiger partial charge in [0.1, 0.15) is 24.0 Å². The lowest BCUT2D eigenvalue weighted by molar-refractivity contribution is -0.125. The number of carbonyl (C=O) groups excluding carboxylic acids is 1. The second kappa shape index (κ2) is 7.81. The Morgan fingerprint density at radius 1 is 1.45 bits per heavy atom. The number of carbonyl (C=O) groups is 1. The fraction of sp³-hybridized carbons (Fsp3) is 0.294. The van der Waals surface area contributed by atoms with Gasteiger partial charge in [0.2, 0.25) is 0 Å². The molecule has 1 aromatic carbocycles. The number of amides is 1. The van der Waals surface area contributed by atoms with Gasteiger partial charge in [-0.1, -0.05) is 28.6 Å². The molecule has 1 saturated heterocycles. The molecule has 0 bridgehead atoms. The van der Waals surface area contributed by atoms with Crippen LogP contribution in [0.2, 0.25) is 0 Å². The third-order valence-electron chi connectivity index (χ3n) is 3.37. The Bertz CT molecular complexity index is 641. The number of nitrogens with zero attached hydrogens (tertiary/aromatic N) is 2. The Morgan fingerprint density at radius 2 is 2.18 bits per heavy atom. The molecule has 2 rings (SSSR count). The van der Waals surface area contributed by atoms with Crippen LogP contribution in [-0.4, -0.2) is 30.5 Å². The van der Waals surface area contributed by atoms with Crippen molar-refractivity contribution in [1.82, 2.24) is 4.90 Å². The Labute approximate surface area is 138 Å². The lowest BCUT2D eigenvalue weighted by atomic mass is 10.1. The van der Waals surface area contributed by atoms with Crippen LogP contribution in [0.25, 0.3) is 6.08 Å². The van der Waals surface area contributed by atoms with E-state index < -0.39 is 0 Å². The molecule has 1 fully saturated rings. The minimum Gasteiger partial charge on any atom is -0.489 e. The van der Waals surface area contributed by atoms with E-state index in [1.54, 1.807) is 23.1 Å². The summed E-state index contributed by atoms with van der Waals surface area (Å²) in [5.74, 6) is 0.403. The molecule has 0 atom stereocenters. The van der Waals surface area contributed by atoms with Gasteiger partial charge >= 0.3 is 0 Å². The summed E-state index contributed by atoms with van der Waals surface area (Å²) in [6.45, 7) is 5.42. The molecule has 0 unspecified atom stereocenters. The molecule has 0 radical (unpaired) electrons. The molecule has 0 N–H and O–H groups in total. The predicted molar refractivity (Wildman–Crippen MR) is 89.2 cm³/mol. The van der Waals surface area contributed by atoms with Crippen LogP contribution < -0.4 is 4.74 Å². The van der Waals surface area contributed by atoms with E-state index in [0.717, 1.165) is 30.4 Å². The molecule has 0 spiro atoms. The van der Waals surface area contributed by atoms with Crippen LogP contribution in [0.3, 0.4) is 0 Å². The molecule has 0 saturated carbocycles. The average molecular weight is 361 g/mol. The van der Waals surface area contributed by atoms with Gasteiger partial charge in [-0.2, -0.15) is 5.26 Å². The molecule has 1 aliphatic rings. The fourth-order valence-corrected chi connectivity index (χ4v) is 2.68. The van der Waals surface area contributed by atoms with Crippen molar-refractivity contribution in [1.29, 1.82) is 5.26 Å². The number of halogens is 1. The summed E-state index contributed by atoms with van der Waals surface area (Å²) in [4.78, 5) is 14.1. The lowest BCUT2D eigenvalue weighted by Gasteiger charge is -2.14. The van der Waals surface area contributed by atoms with E-state index in [9.17, 15) is 10.1 Å². The Hall–Kier alpha value is -2.06. The van der Waals surface area contributed by atoms with Crippen molar-refractivity contribution < 1.29 is 9.53 Å². The Kier molecular flexibility index (Phi) is 5.79. The summed E-state index contributed by atoms with van der Waals surface area (Å²) in [6, 6.07) is 7.49. The highest BCUT2D eigenvalue weighted by molar-refractivity contribution is 9.10. The highest BCUT2D eigenvalue weighted by atomic mass is 79.9. The molecule has 1 aromatic rings. The van der Waals surface area contributed by atoms with Crippen LogP contribution in [0.5, 0.6) is 5.75 Å². The van der Waals surface area contributed by atoms with Gasteiger partial charge in [0.25, 0.3) is 5.91 Å². The standard InChI is InChI=1S/C17H17BrN2O2/c1-2-9-22-16-6-5-15(18)11-13(16)10-14(12-19)17(21)20-7-3-4-8-20/h2,5-6,10-11H,1,3-4,7-9H2/b14-10+. The Morgan fingerprint density at radius 3 is 2.82 bits per heavy atom. The number of hydrogen-bond acceptors (Lipinski definition) is 3. The van der Waals surface area contributed by atoms with Gasteiger partial charge in [-0.15, -0.1) is 0 Å². The van der Waals surface area contributed by atoms with Gasteiger partial charge in [0, 0.05) is 23.1 Å². The number of nitriles is 1. The normalized spacial score (nSPS) is 14.5. The van der Waals surface area contributed by atoms with E-state index in [4.69, 9.17) is 4.74 Å². The van der Waals surface area contributed by atoms with Crippen LogP contribution >= 0.6 is 15.9 Å². The fourth-order valence-electron chi connectivity index (χ4n) is 2.30. The monoisotopic (exact) mass is 360 g/mol. The maximum atomic E-state index is 12.4. The molecule has 22 heavy (non-hydrogen) atoms. The first-order valence-corrected chi connectivity index (χ1v) is 7.89. The summed E-state index contributed by atoms with van der Waals surface area (Å²) in [6.07, 6.45) is 5.23. The molecule has 1 heterocycles.